The number of ether oxygens (including phenoxy) is 2. The van der Waals surface area contributed by atoms with E-state index in [4.69, 9.17) is 5.73 Å². The summed E-state index contributed by atoms with van der Waals surface area (Å²) in [5.41, 5.74) is 4.01. The average molecular weight is 313 g/mol. The van der Waals surface area contributed by atoms with Crippen LogP contribution in [-0.4, -0.2) is 32.0 Å². The topological polar surface area (TPSA) is 61.6 Å². The minimum Gasteiger partial charge on any atom is -0.462 e. The third-order valence-corrected chi connectivity index (χ3v) is 2.24. The van der Waals surface area contributed by atoms with Crippen LogP contribution in [0, 0.1) is 11.6 Å². The van der Waals surface area contributed by atoms with Gasteiger partial charge in [-0.05, 0) is 6.07 Å². The highest BCUT2D eigenvalue weighted by Gasteiger charge is 2.27. The Hall–Kier alpha value is -1.90. The molecule has 1 aromatic carbocycles. The molecule has 9 heteroatoms. The SMILES string of the molecule is Nc1cc(F)c(C(=O)OCCCOCC(F)(F)F)cc1F. The Bertz CT molecular complexity index is 504. The smallest absolute Gasteiger partial charge is 0.411 e. The predicted octanol–water partition coefficient (Wildman–Crippen LogP) is 2.67. The van der Waals surface area contributed by atoms with Crippen molar-refractivity contribution in [2.45, 2.75) is 12.6 Å². The number of hydrogen-bond acceptors (Lipinski definition) is 4. The molecular formula is C12H12F5NO3. The van der Waals surface area contributed by atoms with Crippen molar-refractivity contribution < 1.29 is 36.2 Å². The second kappa shape index (κ2) is 7.21. The van der Waals surface area contributed by atoms with Crippen LogP contribution in [0.2, 0.25) is 0 Å². The van der Waals surface area contributed by atoms with E-state index in [0.717, 1.165) is 0 Å². The number of anilines is 1. The molecule has 0 spiro atoms. The number of halogens is 5. The zero-order valence-corrected chi connectivity index (χ0v) is 10.7. The molecule has 0 saturated heterocycles. The van der Waals surface area contributed by atoms with Gasteiger partial charge in [-0.1, -0.05) is 0 Å². The van der Waals surface area contributed by atoms with Crippen molar-refractivity contribution in [3.05, 3.63) is 29.3 Å². The number of rotatable bonds is 6. The van der Waals surface area contributed by atoms with Gasteiger partial charge < -0.3 is 15.2 Å². The molecular weight excluding hydrogens is 301 g/mol. The Balaban J connectivity index is 2.36. The van der Waals surface area contributed by atoms with Crippen molar-refractivity contribution in [3.63, 3.8) is 0 Å². The lowest BCUT2D eigenvalue weighted by Crippen LogP contribution is -2.18. The Morgan fingerprint density at radius 2 is 1.81 bits per heavy atom. The third kappa shape index (κ3) is 5.94. The molecule has 1 rings (SSSR count). The largest absolute Gasteiger partial charge is 0.462 e. The van der Waals surface area contributed by atoms with Crippen molar-refractivity contribution >= 4 is 11.7 Å². The number of hydrogen-bond donors (Lipinski definition) is 1. The fraction of sp³-hybridized carbons (Fsp3) is 0.417. The summed E-state index contributed by atoms with van der Waals surface area (Å²) >= 11 is 0. The number of nitrogens with two attached hydrogens (primary N) is 1. The van der Waals surface area contributed by atoms with E-state index in [9.17, 15) is 26.7 Å². The standard InChI is InChI=1S/C12H12F5NO3/c13-8-5-10(18)9(14)4-7(8)11(19)21-3-1-2-20-6-12(15,16)17/h4-5H,1-3,6,18H2. The zero-order chi connectivity index (χ0) is 16.0. The van der Waals surface area contributed by atoms with Gasteiger partial charge in [0.15, 0.2) is 0 Å². The summed E-state index contributed by atoms with van der Waals surface area (Å²) in [7, 11) is 0. The number of benzene rings is 1. The highest BCUT2D eigenvalue weighted by molar-refractivity contribution is 5.90. The fourth-order valence-electron chi connectivity index (χ4n) is 1.31. The molecule has 4 nitrogen and oxygen atoms in total. The molecule has 2 N–H and O–H groups in total. The van der Waals surface area contributed by atoms with Gasteiger partial charge in [0.05, 0.1) is 24.5 Å². The molecule has 0 aromatic heterocycles. The Kier molecular flexibility index (Phi) is 5.89. The number of esters is 1. The van der Waals surface area contributed by atoms with E-state index in [0.29, 0.717) is 12.1 Å². The summed E-state index contributed by atoms with van der Waals surface area (Å²) in [6.45, 7) is -1.98. The molecule has 0 bridgehead atoms. The van der Waals surface area contributed by atoms with Crippen LogP contribution in [0.25, 0.3) is 0 Å². The van der Waals surface area contributed by atoms with Crippen molar-refractivity contribution in [2.75, 3.05) is 25.6 Å². The minimum atomic E-state index is -4.43. The van der Waals surface area contributed by atoms with Crippen molar-refractivity contribution in [3.8, 4) is 0 Å². The zero-order valence-electron chi connectivity index (χ0n) is 10.7. The van der Waals surface area contributed by atoms with Crippen LogP contribution < -0.4 is 5.73 Å². The molecule has 0 saturated carbocycles. The van der Waals surface area contributed by atoms with Crippen molar-refractivity contribution in [1.82, 2.24) is 0 Å². The number of carbonyl (C=O) groups excluding carboxylic acids is 1. The van der Waals surface area contributed by atoms with Gasteiger partial charge in [-0.3, -0.25) is 0 Å². The highest BCUT2D eigenvalue weighted by Crippen LogP contribution is 2.17. The van der Waals surface area contributed by atoms with Crippen LogP contribution >= 0.6 is 0 Å². The summed E-state index contributed by atoms with van der Waals surface area (Å²) in [4.78, 5) is 11.4. The van der Waals surface area contributed by atoms with E-state index in [1.807, 2.05) is 0 Å². The van der Waals surface area contributed by atoms with Crippen molar-refractivity contribution in [2.24, 2.45) is 0 Å². The van der Waals surface area contributed by atoms with Gasteiger partial charge in [-0.25, -0.2) is 13.6 Å². The van der Waals surface area contributed by atoms with Gasteiger partial charge in [0, 0.05) is 12.5 Å². The van der Waals surface area contributed by atoms with E-state index in [-0.39, 0.29) is 19.6 Å². The molecule has 118 valence electrons. The van der Waals surface area contributed by atoms with E-state index >= 15 is 0 Å². The Morgan fingerprint density at radius 3 is 2.43 bits per heavy atom. The molecule has 0 atom stereocenters. The van der Waals surface area contributed by atoms with E-state index in [1.165, 1.54) is 0 Å². The summed E-state index contributed by atoms with van der Waals surface area (Å²) in [6, 6.07) is 1.23. The first kappa shape index (κ1) is 17.2. The lowest BCUT2D eigenvalue weighted by Gasteiger charge is -2.08. The van der Waals surface area contributed by atoms with Gasteiger partial charge in [0.2, 0.25) is 0 Å². The number of alkyl halides is 3. The van der Waals surface area contributed by atoms with Crippen LogP contribution in [-0.2, 0) is 9.47 Å². The fourth-order valence-corrected chi connectivity index (χ4v) is 1.31. The van der Waals surface area contributed by atoms with Crippen LogP contribution in [0.4, 0.5) is 27.6 Å². The molecule has 0 aliphatic heterocycles. The lowest BCUT2D eigenvalue weighted by molar-refractivity contribution is -0.174. The van der Waals surface area contributed by atoms with Gasteiger partial charge >= 0.3 is 12.1 Å². The summed E-state index contributed by atoms with van der Waals surface area (Å²) in [6.07, 6.45) is -4.44. The number of nitrogen functional groups attached to an aromatic ring is 1. The summed E-state index contributed by atoms with van der Waals surface area (Å²) in [5, 5.41) is 0. The maximum atomic E-state index is 13.3. The summed E-state index contributed by atoms with van der Waals surface area (Å²) < 4.78 is 70.5. The average Bonchev–Trinajstić information content (AvgIpc) is 2.36. The highest BCUT2D eigenvalue weighted by atomic mass is 19.4. The minimum absolute atomic E-state index is 0.0130. The van der Waals surface area contributed by atoms with E-state index in [1.54, 1.807) is 0 Å². The van der Waals surface area contributed by atoms with Gasteiger partial charge in [0.1, 0.15) is 18.2 Å². The second-order valence-electron chi connectivity index (χ2n) is 4.01. The second-order valence-corrected chi connectivity index (χ2v) is 4.01. The molecule has 0 radical (unpaired) electrons. The quantitative estimate of drug-likeness (QED) is 0.380. The molecule has 0 heterocycles. The first-order valence-electron chi connectivity index (χ1n) is 5.77. The number of carbonyl (C=O) groups is 1. The maximum Gasteiger partial charge on any atom is 0.411 e. The molecule has 0 unspecified atom stereocenters. The van der Waals surface area contributed by atoms with Gasteiger partial charge in [0.25, 0.3) is 0 Å². The van der Waals surface area contributed by atoms with E-state index < -0.39 is 41.6 Å². The first-order chi connectivity index (χ1) is 9.70. The van der Waals surface area contributed by atoms with Crippen LogP contribution in [0.1, 0.15) is 16.8 Å². The predicted molar refractivity (Wildman–Crippen MR) is 62.5 cm³/mol. The molecule has 0 aliphatic carbocycles. The molecule has 0 fully saturated rings. The first-order valence-corrected chi connectivity index (χ1v) is 5.77. The normalized spacial score (nSPS) is 11.5. The molecule has 1 aromatic rings. The van der Waals surface area contributed by atoms with Gasteiger partial charge in [-0.15, -0.1) is 0 Å². The lowest BCUT2D eigenvalue weighted by atomic mass is 10.2. The third-order valence-electron chi connectivity index (χ3n) is 2.24. The molecule has 21 heavy (non-hydrogen) atoms. The van der Waals surface area contributed by atoms with Gasteiger partial charge in [-0.2, -0.15) is 13.2 Å². The Morgan fingerprint density at radius 1 is 1.14 bits per heavy atom. The molecule has 0 amide bonds. The monoisotopic (exact) mass is 313 g/mol. The molecule has 0 aliphatic rings. The van der Waals surface area contributed by atoms with Crippen LogP contribution in [0.5, 0.6) is 0 Å². The van der Waals surface area contributed by atoms with E-state index in [2.05, 4.69) is 9.47 Å². The van der Waals surface area contributed by atoms with Crippen molar-refractivity contribution in [1.29, 1.82) is 0 Å². The van der Waals surface area contributed by atoms with Crippen LogP contribution in [0.15, 0.2) is 12.1 Å². The Labute approximate surface area is 116 Å². The maximum absolute atomic E-state index is 13.3. The summed E-state index contributed by atoms with van der Waals surface area (Å²) in [5.74, 6) is -3.16. The van der Waals surface area contributed by atoms with Crippen LogP contribution in [0.3, 0.4) is 0 Å².